The van der Waals surface area contributed by atoms with E-state index >= 15 is 0 Å². The Morgan fingerprint density at radius 2 is 2.25 bits per heavy atom. The van der Waals surface area contributed by atoms with Crippen LogP contribution in [0.4, 0.5) is 0 Å². The molecule has 0 aliphatic rings. The van der Waals surface area contributed by atoms with E-state index < -0.39 is 0 Å². The third-order valence-corrected chi connectivity index (χ3v) is 1.64. The molecule has 1 aromatic rings. The van der Waals surface area contributed by atoms with Gasteiger partial charge in [0.2, 0.25) is 0 Å². The highest BCUT2D eigenvalue weighted by Crippen LogP contribution is 2.10. The number of halogens is 2. The number of rotatable bonds is 0. The van der Waals surface area contributed by atoms with Gasteiger partial charge < -0.3 is 0 Å². The maximum Gasteiger partial charge on any atom is 0.0639 e. The van der Waals surface area contributed by atoms with Gasteiger partial charge in [0.1, 0.15) is 0 Å². The number of hydrogen-bond acceptors (Lipinski definition) is 0. The van der Waals surface area contributed by atoms with Crippen LogP contribution >= 0.6 is 34.2 Å². The Morgan fingerprint density at radius 1 is 1.50 bits per heavy atom. The van der Waals surface area contributed by atoms with Crippen LogP contribution in [0.5, 0.6) is 0 Å². The molecule has 2 heteroatoms. The molecule has 0 fully saturated rings. The average Bonchev–Trinajstić information content (AvgIpc) is 1.80. The largest absolute Gasteiger partial charge is 0.0843 e. The maximum atomic E-state index is 7.22. The smallest absolute Gasteiger partial charge is 0.0639 e. The fourth-order valence-electron chi connectivity index (χ4n) is 0.387. The number of hydrogen-bond donors (Lipinski definition) is 0. The molecule has 0 spiro atoms. The van der Waals surface area contributed by atoms with Gasteiger partial charge in [-0.05, 0) is 46.8 Å². The summed E-state index contributed by atoms with van der Waals surface area (Å²) in [6, 6.07) is 5.72. The summed E-state index contributed by atoms with van der Waals surface area (Å²) in [5.74, 6) is 0. The van der Waals surface area contributed by atoms with Crippen molar-refractivity contribution >= 4 is 34.2 Å². The van der Waals surface area contributed by atoms with Crippen molar-refractivity contribution in [2.75, 3.05) is 0 Å². The van der Waals surface area contributed by atoms with Crippen LogP contribution in [-0.4, -0.2) is 0 Å². The van der Waals surface area contributed by atoms with Crippen LogP contribution in [0.2, 0.25) is 5.02 Å². The monoisotopic (exact) mass is 239 g/mol. The highest BCUT2D eigenvalue weighted by molar-refractivity contribution is 14.1. The van der Waals surface area contributed by atoms with Crippen molar-refractivity contribution in [2.24, 2.45) is 0 Å². The highest BCUT2D eigenvalue weighted by atomic mass is 127. The fraction of sp³-hybridized carbons (Fsp3) is 0. The predicted octanol–water partition coefficient (Wildman–Crippen LogP) is 2.94. The highest BCUT2D eigenvalue weighted by Gasteiger charge is 1.83. The molecule has 0 heterocycles. The molecule has 0 nitrogen and oxygen atoms in total. The van der Waals surface area contributed by atoms with Crippen molar-refractivity contribution in [1.29, 1.82) is 0 Å². The van der Waals surface area contributed by atoms with E-state index in [0.29, 0.717) is 11.1 Å². The lowest BCUT2D eigenvalue weighted by atomic mass is 10.4. The van der Waals surface area contributed by atoms with Crippen molar-refractivity contribution < 1.29 is 1.37 Å². The summed E-state index contributed by atoms with van der Waals surface area (Å²) in [4.78, 5) is 0. The third kappa shape index (κ3) is 1.63. The lowest BCUT2D eigenvalue weighted by Gasteiger charge is -1.86. The zero-order valence-corrected chi connectivity index (χ0v) is 6.90. The summed E-state index contributed by atoms with van der Waals surface area (Å²) in [7, 11) is 0. The Labute approximate surface area is 68.4 Å². The van der Waals surface area contributed by atoms with Crippen LogP contribution in [0.3, 0.4) is 0 Å². The molecule has 0 bridgehead atoms. The summed E-state index contributed by atoms with van der Waals surface area (Å²) >= 11 is 7.73. The van der Waals surface area contributed by atoms with Crippen LogP contribution in [-0.2, 0) is 0 Å². The average molecular weight is 239 g/mol. The normalized spacial score (nSPS) is 11.0. The lowest BCUT2D eigenvalue weighted by Crippen LogP contribution is -1.65. The minimum atomic E-state index is 0.392. The molecule has 0 aliphatic carbocycles. The zero-order chi connectivity index (χ0) is 6.85. The minimum absolute atomic E-state index is 0.392. The Balaban J connectivity index is 3.17. The van der Waals surface area contributed by atoms with Crippen molar-refractivity contribution in [1.82, 2.24) is 0 Å². The standard InChI is InChI=1S/C6H4ClI/c7-5-1-3-6(8)4-2-5/h1-4H/i1D. The third-order valence-electron chi connectivity index (χ3n) is 0.737. The first-order chi connectivity index (χ1) is 4.20. The Kier molecular flexibility index (Phi) is 1.70. The molecule has 0 saturated carbocycles. The predicted molar refractivity (Wildman–Crippen MR) is 44.2 cm³/mol. The molecule has 0 atom stereocenters. The second-order valence-corrected chi connectivity index (χ2v) is 3.01. The molecule has 0 radical (unpaired) electrons. The fourth-order valence-corrected chi connectivity index (χ4v) is 0.840. The first-order valence-electron chi connectivity index (χ1n) is 2.62. The van der Waals surface area contributed by atoms with Crippen molar-refractivity contribution in [3.05, 3.63) is 32.8 Å². The Hall–Kier alpha value is 0.240. The van der Waals surface area contributed by atoms with Crippen molar-refractivity contribution in [2.45, 2.75) is 0 Å². The van der Waals surface area contributed by atoms with E-state index in [9.17, 15) is 0 Å². The molecule has 0 N–H and O–H groups in total. The van der Waals surface area contributed by atoms with Crippen molar-refractivity contribution in [3.63, 3.8) is 0 Å². The molecular formula is C6H4ClI. The van der Waals surface area contributed by atoms with Gasteiger partial charge in [-0.15, -0.1) is 0 Å². The molecule has 42 valence electrons. The van der Waals surface area contributed by atoms with E-state index in [-0.39, 0.29) is 0 Å². The Morgan fingerprint density at radius 3 is 2.75 bits per heavy atom. The summed E-state index contributed by atoms with van der Waals surface area (Å²) in [5.41, 5.74) is 0. The van der Waals surface area contributed by atoms with Gasteiger partial charge in [-0.1, -0.05) is 11.6 Å². The molecule has 0 aromatic heterocycles. The van der Waals surface area contributed by atoms with Crippen LogP contribution in [0.1, 0.15) is 1.37 Å². The second kappa shape index (κ2) is 2.69. The lowest BCUT2D eigenvalue weighted by molar-refractivity contribution is 1.65. The topological polar surface area (TPSA) is 0 Å². The van der Waals surface area contributed by atoms with Crippen molar-refractivity contribution in [3.8, 4) is 0 Å². The molecule has 0 amide bonds. The zero-order valence-electron chi connectivity index (χ0n) is 4.99. The van der Waals surface area contributed by atoms with Gasteiger partial charge in [0.15, 0.2) is 0 Å². The van der Waals surface area contributed by atoms with Crippen LogP contribution in [0.15, 0.2) is 24.2 Å². The van der Waals surface area contributed by atoms with E-state index in [1.165, 1.54) is 0 Å². The van der Waals surface area contributed by atoms with Gasteiger partial charge >= 0.3 is 0 Å². The van der Waals surface area contributed by atoms with Gasteiger partial charge in [-0.2, -0.15) is 0 Å². The summed E-state index contributed by atoms with van der Waals surface area (Å²) in [6.07, 6.45) is 0. The number of benzene rings is 1. The first-order valence-corrected chi connectivity index (χ1v) is 3.57. The molecule has 0 unspecified atom stereocenters. The SMILES string of the molecule is [2H]c1cc(I)ccc1Cl. The molecule has 0 aliphatic heterocycles. The summed E-state index contributed by atoms with van der Waals surface area (Å²) in [6.45, 7) is 0. The van der Waals surface area contributed by atoms with E-state index in [1.54, 1.807) is 12.1 Å². The van der Waals surface area contributed by atoms with Gasteiger partial charge in [-0.3, -0.25) is 0 Å². The van der Waals surface area contributed by atoms with E-state index in [0.717, 1.165) is 3.57 Å². The second-order valence-electron chi connectivity index (χ2n) is 1.35. The quantitative estimate of drug-likeness (QED) is 0.611. The Bertz CT molecular complexity index is 224. The van der Waals surface area contributed by atoms with Crippen LogP contribution < -0.4 is 0 Å². The van der Waals surface area contributed by atoms with Gasteiger partial charge in [0.25, 0.3) is 0 Å². The van der Waals surface area contributed by atoms with E-state index in [1.807, 2.05) is 6.07 Å². The minimum Gasteiger partial charge on any atom is -0.0843 e. The maximum absolute atomic E-state index is 7.22. The first kappa shape index (κ1) is 5.06. The van der Waals surface area contributed by atoms with Gasteiger partial charge in [0, 0.05) is 8.59 Å². The van der Waals surface area contributed by atoms with E-state index in [2.05, 4.69) is 22.6 Å². The molecular weight excluding hydrogens is 234 g/mol. The molecule has 1 aromatic carbocycles. The molecule has 1 rings (SSSR count). The molecule has 0 saturated heterocycles. The summed E-state index contributed by atoms with van der Waals surface area (Å²) < 4.78 is 8.27. The summed E-state index contributed by atoms with van der Waals surface area (Å²) in [5, 5.41) is 0.510. The molecule has 8 heavy (non-hydrogen) atoms. The van der Waals surface area contributed by atoms with Crippen LogP contribution in [0, 0.1) is 3.57 Å². The van der Waals surface area contributed by atoms with Gasteiger partial charge in [0.05, 0.1) is 1.37 Å². The van der Waals surface area contributed by atoms with Gasteiger partial charge in [-0.25, -0.2) is 0 Å². The van der Waals surface area contributed by atoms with E-state index in [4.69, 9.17) is 13.0 Å². The van der Waals surface area contributed by atoms with Crippen LogP contribution in [0.25, 0.3) is 0 Å².